The highest BCUT2D eigenvalue weighted by molar-refractivity contribution is 6.30. The average Bonchev–Trinajstić information content (AvgIpc) is 2.83. The fraction of sp³-hybridized carbons (Fsp3) is 0.333. The second-order valence-electron chi connectivity index (χ2n) is 8.58. The van der Waals surface area contributed by atoms with Gasteiger partial charge in [0.1, 0.15) is 0 Å². The Morgan fingerprint density at radius 3 is 2.31 bits per heavy atom. The number of carboxylic acid groups (broad SMARTS) is 1. The van der Waals surface area contributed by atoms with Crippen LogP contribution in [0.1, 0.15) is 24.0 Å². The van der Waals surface area contributed by atoms with Crippen molar-refractivity contribution in [3.63, 3.8) is 0 Å². The van der Waals surface area contributed by atoms with E-state index in [-0.39, 0.29) is 23.5 Å². The number of carbonyl (C=O) groups is 1. The Balaban J connectivity index is 1.78. The summed E-state index contributed by atoms with van der Waals surface area (Å²) in [4.78, 5) is 36.4. The SMILES string of the molecule is Cc1cc(Cl)ccc1-c1nc(N2CCC(N(C)C(=O)O)CC2)nc(=O)n1-c1ccc(C(F)(F)F)cc1. The molecule has 36 heavy (non-hydrogen) atoms. The summed E-state index contributed by atoms with van der Waals surface area (Å²) in [5, 5.41) is 9.72. The van der Waals surface area contributed by atoms with E-state index in [0.29, 0.717) is 42.1 Å². The second kappa shape index (κ2) is 9.81. The third kappa shape index (κ3) is 5.15. The van der Waals surface area contributed by atoms with Crippen LogP contribution in [-0.2, 0) is 6.18 Å². The first-order valence-corrected chi connectivity index (χ1v) is 11.5. The van der Waals surface area contributed by atoms with Gasteiger partial charge < -0.3 is 14.9 Å². The molecule has 190 valence electrons. The van der Waals surface area contributed by atoms with Crippen molar-refractivity contribution in [3.05, 3.63) is 69.1 Å². The van der Waals surface area contributed by atoms with Gasteiger partial charge >= 0.3 is 18.0 Å². The lowest BCUT2D eigenvalue weighted by molar-refractivity contribution is -0.137. The van der Waals surface area contributed by atoms with E-state index in [4.69, 9.17) is 11.6 Å². The summed E-state index contributed by atoms with van der Waals surface area (Å²) in [5.74, 6) is 0.382. The van der Waals surface area contributed by atoms with E-state index in [1.807, 2.05) is 0 Å². The van der Waals surface area contributed by atoms with Gasteiger partial charge in [0, 0.05) is 36.8 Å². The van der Waals surface area contributed by atoms with Crippen molar-refractivity contribution < 1.29 is 23.1 Å². The predicted octanol–water partition coefficient (Wildman–Crippen LogP) is 4.85. The number of nitrogens with zero attached hydrogens (tertiary/aromatic N) is 5. The summed E-state index contributed by atoms with van der Waals surface area (Å²) in [7, 11) is 1.52. The van der Waals surface area contributed by atoms with Gasteiger partial charge in [-0.15, -0.1) is 0 Å². The van der Waals surface area contributed by atoms with Crippen LogP contribution in [0, 0.1) is 6.92 Å². The number of anilines is 1. The number of amides is 1. The summed E-state index contributed by atoms with van der Waals surface area (Å²) in [6.45, 7) is 2.66. The van der Waals surface area contributed by atoms with E-state index in [9.17, 15) is 27.9 Å². The average molecular weight is 522 g/mol. The predicted molar refractivity (Wildman–Crippen MR) is 129 cm³/mol. The highest BCUT2D eigenvalue weighted by atomic mass is 35.5. The zero-order chi connectivity index (χ0) is 26.2. The van der Waals surface area contributed by atoms with Crippen molar-refractivity contribution in [2.24, 2.45) is 0 Å². The van der Waals surface area contributed by atoms with E-state index < -0.39 is 23.5 Å². The van der Waals surface area contributed by atoms with Gasteiger partial charge in [-0.05, 0) is 67.8 Å². The molecule has 0 unspecified atom stereocenters. The molecule has 1 amide bonds. The maximum Gasteiger partial charge on any atom is 0.416 e. The molecule has 0 bridgehead atoms. The molecule has 2 heterocycles. The van der Waals surface area contributed by atoms with Crippen molar-refractivity contribution in [1.29, 1.82) is 0 Å². The van der Waals surface area contributed by atoms with Gasteiger partial charge in [0.15, 0.2) is 5.82 Å². The lowest BCUT2D eigenvalue weighted by Crippen LogP contribution is -2.46. The summed E-state index contributed by atoms with van der Waals surface area (Å²) in [5.41, 5.74) is -0.0654. The molecule has 1 aliphatic heterocycles. The maximum absolute atomic E-state index is 13.3. The molecule has 0 spiro atoms. The number of hydrogen-bond donors (Lipinski definition) is 1. The summed E-state index contributed by atoms with van der Waals surface area (Å²) < 4.78 is 40.4. The summed E-state index contributed by atoms with van der Waals surface area (Å²) in [6, 6.07) is 9.08. The molecule has 0 saturated carbocycles. The molecule has 1 fully saturated rings. The molecule has 0 atom stereocenters. The maximum atomic E-state index is 13.3. The molecule has 12 heteroatoms. The Morgan fingerprint density at radius 1 is 1.11 bits per heavy atom. The minimum absolute atomic E-state index is 0.163. The highest BCUT2D eigenvalue weighted by Gasteiger charge is 2.31. The van der Waals surface area contributed by atoms with Crippen LogP contribution in [0.25, 0.3) is 17.1 Å². The number of rotatable bonds is 4. The first kappa shape index (κ1) is 25.5. The number of aromatic nitrogens is 3. The lowest BCUT2D eigenvalue weighted by atomic mass is 10.0. The van der Waals surface area contributed by atoms with Gasteiger partial charge in [0.05, 0.1) is 11.3 Å². The normalized spacial score (nSPS) is 14.7. The number of piperidine rings is 1. The van der Waals surface area contributed by atoms with E-state index in [1.54, 1.807) is 30.0 Å². The van der Waals surface area contributed by atoms with E-state index in [0.717, 1.165) is 12.1 Å². The molecule has 8 nitrogen and oxygen atoms in total. The number of benzene rings is 2. The highest BCUT2D eigenvalue weighted by Crippen LogP contribution is 2.31. The number of halogens is 4. The number of hydrogen-bond acceptors (Lipinski definition) is 5. The van der Waals surface area contributed by atoms with Gasteiger partial charge in [-0.2, -0.15) is 23.1 Å². The van der Waals surface area contributed by atoms with Crippen LogP contribution >= 0.6 is 11.6 Å². The standard InChI is InChI=1S/C24H23ClF3N5O3/c1-14-13-16(25)5-8-19(14)20-29-21(32-11-9-17(10-12-32)31(2)23(35)36)30-22(34)33(20)18-6-3-15(4-7-18)24(26,27)28/h3-8,13,17H,9-12H2,1-2H3,(H,35,36). The second-order valence-corrected chi connectivity index (χ2v) is 9.02. The van der Waals surface area contributed by atoms with Crippen LogP contribution in [0.5, 0.6) is 0 Å². The Morgan fingerprint density at radius 2 is 1.75 bits per heavy atom. The largest absolute Gasteiger partial charge is 0.465 e. The zero-order valence-electron chi connectivity index (χ0n) is 19.5. The minimum atomic E-state index is -4.51. The molecule has 0 aliphatic carbocycles. The quantitative estimate of drug-likeness (QED) is 0.527. The van der Waals surface area contributed by atoms with Gasteiger partial charge in [0.25, 0.3) is 0 Å². The molecule has 0 radical (unpaired) electrons. The van der Waals surface area contributed by atoms with Crippen LogP contribution in [0.3, 0.4) is 0 Å². The summed E-state index contributed by atoms with van der Waals surface area (Å²) >= 11 is 6.11. The van der Waals surface area contributed by atoms with E-state index in [1.165, 1.54) is 28.6 Å². The minimum Gasteiger partial charge on any atom is -0.465 e. The topological polar surface area (TPSA) is 91.6 Å². The summed E-state index contributed by atoms with van der Waals surface area (Å²) in [6.07, 6.45) is -4.46. The first-order chi connectivity index (χ1) is 17.0. The molecular formula is C24H23ClF3N5O3. The third-order valence-electron chi connectivity index (χ3n) is 6.28. The van der Waals surface area contributed by atoms with Gasteiger partial charge in [-0.25, -0.2) is 14.2 Å². The first-order valence-electron chi connectivity index (χ1n) is 11.1. The van der Waals surface area contributed by atoms with Crippen molar-refractivity contribution in [2.45, 2.75) is 32.0 Å². The molecule has 1 aliphatic rings. The molecule has 1 aromatic heterocycles. The number of alkyl halides is 3. The van der Waals surface area contributed by atoms with Crippen LogP contribution in [0.2, 0.25) is 5.02 Å². The lowest BCUT2D eigenvalue weighted by Gasteiger charge is -2.35. The van der Waals surface area contributed by atoms with E-state index >= 15 is 0 Å². The molecular weight excluding hydrogens is 499 g/mol. The molecule has 1 N–H and O–H groups in total. The van der Waals surface area contributed by atoms with Crippen molar-refractivity contribution in [3.8, 4) is 17.1 Å². The molecule has 2 aromatic carbocycles. The van der Waals surface area contributed by atoms with Gasteiger partial charge in [0.2, 0.25) is 5.95 Å². The van der Waals surface area contributed by atoms with Crippen LogP contribution in [0.15, 0.2) is 47.3 Å². The van der Waals surface area contributed by atoms with Crippen molar-refractivity contribution >= 4 is 23.6 Å². The van der Waals surface area contributed by atoms with Crippen molar-refractivity contribution in [2.75, 3.05) is 25.0 Å². The molecule has 4 rings (SSSR count). The van der Waals surface area contributed by atoms with Gasteiger partial charge in [-0.1, -0.05) is 11.6 Å². The number of aryl methyl sites for hydroxylation is 1. The zero-order valence-corrected chi connectivity index (χ0v) is 20.2. The smallest absolute Gasteiger partial charge is 0.416 e. The Hall–Kier alpha value is -3.60. The Kier molecular flexibility index (Phi) is 6.94. The fourth-order valence-electron chi connectivity index (χ4n) is 4.24. The van der Waals surface area contributed by atoms with Crippen LogP contribution in [-0.4, -0.2) is 56.8 Å². The van der Waals surface area contributed by atoms with E-state index in [2.05, 4.69) is 9.97 Å². The van der Waals surface area contributed by atoms with Gasteiger partial charge in [-0.3, -0.25) is 0 Å². The Labute approximate surface area is 209 Å². The third-order valence-corrected chi connectivity index (χ3v) is 6.52. The van der Waals surface area contributed by atoms with Crippen LogP contribution < -0.4 is 10.6 Å². The van der Waals surface area contributed by atoms with Crippen molar-refractivity contribution in [1.82, 2.24) is 19.4 Å². The monoisotopic (exact) mass is 521 g/mol. The molecule has 1 saturated heterocycles. The van der Waals surface area contributed by atoms with Crippen LogP contribution in [0.4, 0.5) is 23.9 Å². The Bertz CT molecular complexity index is 1340. The fourth-order valence-corrected chi connectivity index (χ4v) is 4.46. The molecule has 3 aromatic rings.